The predicted molar refractivity (Wildman–Crippen MR) is 132 cm³/mol. The first-order chi connectivity index (χ1) is 15.4. The molecule has 4 rings (SSSR count). The van der Waals surface area contributed by atoms with E-state index >= 15 is 0 Å². The van der Waals surface area contributed by atoms with E-state index in [1.165, 1.54) is 22.5 Å². The third kappa shape index (κ3) is 5.18. The van der Waals surface area contributed by atoms with E-state index in [4.69, 9.17) is 23.2 Å². The van der Waals surface area contributed by atoms with Crippen molar-refractivity contribution in [2.24, 2.45) is 0 Å². The number of hydrogen-bond acceptors (Lipinski definition) is 5. The lowest BCUT2D eigenvalue weighted by atomic mass is 10.2. The molecular weight excluding hydrogens is 483 g/mol. The molecule has 0 saturated heterocycles. The summed E-state index contributed by atoms with van der Waals surface area (Å²) in [6.07, 6.45) is 0. The minimum atomic E-state index is -0.392. The molecule has 1 unspecified atom stereocenters. The van der Waals surface area contributed by atoms with Crippen molar-refractivity contribution in [1.29, 1.82) is 0 Å². The van der Waals surface area contributed by atoms with Gasteiger partial charge in [-0.15, -0.1) is 21.5 Å². The number of aryl methyl sites for hydroxylation is 1. The molecule has 1 N–H and O–H groups in total. The lowest BCUT2D eigenvalue weighted by Crippen LogP contribution is -2.28. The summed E-state index contributed by atoms with van der Waals surface area (Å²) in [5.74, 6) is 1.16. The van der Waals surface area contributed by atoms with Crippen molar-refractivity contribution in [3.8, 4) is 5.69 Å². The second-order valence-electron chi connectivity index (χ2n) is 7.22. The van der Waals surface area contributed by atoms with Crippen LogP contribution in [0.15, 0.2) is 65.1 Å². The summed E-state index contributed by atoms with van der Waals surface area (Å²) in [5, 5.41) is 15.4. The number of carbonyl (C=O) groups is 1. The largest absolute Gasteiger partial charge is 0.342 e. The summed E-state index contributed by atoms with van der Waals surface area (Å²) in [6, 6.07) is 16.9. The molecule has 1 atom stereocenters. The van der Waals surface area contributed by atoms with Crippen LogP contribution in [0.5, 0.6) is 0 Å². The molecule has 0 spiro atoms. The highest BCUT2D eigenvalue weighted by atomic mass is 35.5. The average Bonchev–Trinajstić information content (AvgIpc) is 3.43. The van der Waals surface area contributed by atoms with Crippen molar-refractivity contribution < 1.29 is 4.79 Å². The first-order valence-electron chi connectivity index (χ1n) is 9.86. The van der Waals surface area contributed by atoms with E-state index in [0.717, 1.165) is 5.75 Å². The van der Waals surface area contributed by atoms with Gasteiger partial charge in [-0.2, -0.15) is 0 Å². The van der Waals surface area contributed by atoms with E-state index in [9.17, 15) is 4.79 Å². The number of thiophene rings is 1. The van der Waals surface area contributed by atoms with Crippen LogP contribution in [0.4, 0.5) is 0 Å². The van der Waals surface area contributed by atoms with E-state index in [0.29, 0.717) is 31.6 Å². The molecule has 0 fully saturated rings. The molecule has 0 bridgehead atoms. The summed E-state index contributed by atoms with van der Waals surface area (Å²) in [5.41, 5.74) is 3.10. The highest BCUT2D eigenvalue weighted by molar-refractivity contribution is 7.98. The first-order valence-corrected chi connectivity index (χ1v) is 12.5. The quantitative estimate of drug-likeness (QED) is 0.284. The monoisotopic (exact) mass is 502 g/mol. The summed E-state index contributed by atoms with van der Waals surface area (Å²) in [6.45, 7) is 3.95. The van der Waals surface area contributed by atoms with Gasteiger partial charge in [0, 0.05) is 10.8 Å². The maximum atomic E-state index is 12.6. The van der Waals surface area contributed by atoms with Gasteiger partial charge in [-0.25, -0.2) is 0 Å². The molecule has 2 heterocycles. The van der Waals surface area contributed by atoms with Crippen molar-refractivity contribution in [2.75, 3.05) is 0 Å². The average molecular weight is 503 g/mol. The maximum Gasteiger partial charge on any atom is 0.261 e. The van der Waals surface area contributed by atoms with Crippen molar-refractivity contribution in [3.05, 3.63) is 91.9 Å². The fourth-order valence-corrected chi connectivity index (χ4v) is 5.25. The van der Waals surface area contributed by atoms with Gasteiger partial charge in [0.25, 0.3) is 5.91 Å². The third-order valence-electron chi connectivity index (χ3n) is 4.74. The zero-order chi connectivity index (χ0) is 22.7. The van der Waals surface area contributed by atoms with Crippen LogP contribution in [0.25, 0.3) is 5.69 Å². The second kappa shape index (κ2) is 10.1. The van der Waals surface area contributed by atoms with Crippen molar-refractivity contribution >= 4 is 52.2 Å². The molecule has 4 aromatic rings. The number of nitrogens with zero attached hydrogens (tertiary/aromatic N) is 3. The second-order valence-corrected chi connectivity index (χ2v) is 9.96. The molecule has 32 heavy (non-hydrogen) atoms. The normalized spacial score (nSPS) is 12.0. The van der Waals surface area contributed by atoms with E-state index < -0.39 is 6.04 Å². The van der Waals surface area contributed by atoms with Gasteiger partial charge in [0.2, 0.25) is 0 Å². The smallest absolute Gasteiger partial charge is 0.261 e. The number of nitrogens with one attached hydrogen (secondary N) is 1. The Balaban J connectivity index is 1.67. The van der Waals surface area contributed by atoms with E-state index in [-0.39, 0.29) is 5.91 Å². The maximum absolute atomic E-state index is 12.6. The predicted octanol–water partition coefficient (Wildman–Crippen LogP) is 6.73. The zero-order valence-electron chi connectivity index (χ0n) is 17.4. The molecule has 9 heteroatoms. The Labute approximate surface area is 204 Å². The molecular formula is C23H20Cl2N4OS2. The van der Waals surface area contributed by atoms with E-state index in [1.807, 2.05) is 35.1 Å². The minimum absolute atomic E-state index is 0.154. The molecule has 5 nitrogen and oxygen atoms in total. The fraction of sp³-hybridized carbons (Fsp3) is 0.174. The molecule has 0 saturated carbocycles. The van der Waals surface area contributed by atoms with Crippen LogP contribution >= 0.6 is 46.3 Å². The topological polar surface area (TPSA) is 59.8 Å². The van der Waals surface area contributed by atoms with E-state index in [2.05, 4.69) is 40.6 Å². The van der Waals surface area contributed by atoms with Gasteiger partial charge < -0.3 is 5.32 Å². The number of aromatic nitrogens is 3. The number of halogens is 2. The Morgan fingerprint density at radius 1 is 1.16 bits per heavy atom. The number of amides is 1. The summed E-state index contributed by atoms with van der Waals surface area (Å²) >= 11 is 15.6. The lowest BCUT2D eigenvalue weighted by Gasteiger charge is -2.17. The molecule has 2 aromatic heterocycles. The summed E-state index contributed by atoms with van der Waals surface area (Å²) in [7, 11) is 0. The highest BCUT2D eigenvalue weighted by Gasteiger charge is 2.23. The van der Waals surface area contributed by atoms with Gasteiger partial charge in [-0.05, 0) is 49.1 Å². The fourth-order valence-electron chi connectivity index (χ4n) is 3.23. The number of hydrogen-bond donors (Lipinski definition) is 1. The van der Waals surface area contributed by atoms with Crippen molar-refractivity contribution in [3.63, 3.8) is 0 Å². The molecule has 0 aliphatic rings. The lowest BCUT2D eigenvalue weighted by molar-refractivity contribution is 0.0942. The van der Waals surface area contributed by atoms with Gasteiger partial charge in [0.1, 0.15) is 0 Å². The van der Waals surface area contributed by atoms with Crippen LogP contribution in [0.1, 0.15) is 39.6 Å². The Morgan fingerprint density at radius 3 is 2.72 bits per heavy atom. The Morgan fingerprint density at radius 2 is 2.00 bits per heavy atom. The third-order valence-corrected chi connectivity index (χ3v) is 7.15. The Bertz CT molecular complexity index is 1240. The standard InChI is InChI=1S/C23H20Cl2N4OS2/c1-14-5-3-6-16(11-14)13-32-23-28-27-21(15(2)26-22(30)20-7-4-10-31-20)29(23)19-9-8-17(24)12-18(19)25/h3-12,15H,13H2,1-2H3,(H,26,30). The summed E-state index contributed by atoms with van der Waals surface area (Å²) in [4.78, 5) is 13.2. The van der Waals surface area contributed by atoms with Crippen LogP contribution in [-0.4, -0.2) is 20.7 Å². The van der Waals surface area contributed by atoms with Gasteiger partial charge in [-0.1, -0.05) is 70.9 Å². The molecule has 0 aliphatic heterocycles. The summed E-state index contributed by atoms with van der Waals surface area (Å²) < 4.78 is 1.89. The number of thioether (sulfide) groups is 1. The molecule has 0 aliphatic carbocycles. The molecule has 0 radical (unpaired) electrons. The van der Waals surface area contributed by atoms with E-state index in [1.54, 1.807) is 30.0 Å². The Hall–Kier alpha value is -2.32. The Kier molecular flexibility index (Phi) is 7.20. The van der Waals surface area contributed by atoms with Crippen LogP contribution in [0.3, 0.4) is 0 Å². The minimum Gasteiger partial charge on any atom is -0.342 e. The van der Waals surface area contributed by atoms with Gasteiger partial charge >= 0.3 is 0 Å². The van der Waals surface area contributed by atoms with Crippen LogP contribution in [0.2, 0.25) is 10.0 Å². The van der Waals surface area contributed by atoms with Gasteiger partial charge in [0.05, 0.1) is 21.6 Å². The SMILES string of the molecule is Cc1cccc(CSc2nnc(C(C)NC(=O)c3cccs3)n2-c2ccc(Cl)cc2Cl)c1. The number of rotatable bonds is 7. The number of carbonyl (C=O) groups excluding carboxylic acids is 1. The van der Waals surface area contributed by atoms with Crippen LogP contribution < -0.4 is 5.32 Å². The van der Waals surface area contributed by atoms with Gasteiger partial charge in [-0.3, -0.25) is 9.36 Å². The number of benzene rings is 2. The molecule has 1 amide bonds. The zero-order valence-corrected chi connectivity index (χ0v) is 20.5. The molecule has 164 valence electrons. The highest BCUT2D eigenvalue weighted by Crippen LogP contribution is 2.32. The van der Waals surface area contributed by atoms with Crippen molar-refractivity contribution in [2.45, 2.75) is 30.8 Å². The molecule has 2 aromatic carbocycles. The first kappa shape index (κ1) is 22.9. The van der Waals surface area contributed by atoms with Gasteiger partial charge in [0.15, 0.2) is 11.0 Å². The van der Waals surface area contributed by atoms with Crippen molar-refractivity contribution in [1.82, 2.24) is 20.1 Å². The van der Waals surface area contributed by atoms with Crippen LogP contribution in [-0.2, 0) is 5.75 Å². The van der Waals surface area contributed by atoms with Crippen LogP contribution in [0, 0.1) is 6.92 Å².